The Bertz CT molecular complexity index is 693. The minimum atomic E-state index is -0.438. The average Bonchev–Trinajstić information content (AvgIpc) is 2.94. The molecular weight excluding hydrogens is 340 g/mol. The van der Waals surface area contributed by atoms with Crippen LogP contribution in [0.15, 0.2) is 18.2 Å². The first kappa shape index (κ1) is 19.7. The topological polar surface area (TPSA) is 58.6 Å². The van der Waals surface area contributed by atoms with Gasteiger partial charge in [0, 0.05) is 24.2 Å². The molecular formula is C22H32N2O3. The van der Waals surface area contributed by atoms with Gasteiger partial charge in [-0.15, -0.1) is 0 Å². The molecule has 1 heterocycles. The first-order valence-corrected chi connectivity index (χ1v) is 10.2. The van der Waals surface area contributed by atoms with Crippen molar-refractivity contribution in [1.82, 2.24) is 4.90 Å². The highest BCUT2D eigenvalue weighted by molar-refractivity contribution is 5.84. The third kappa shape index (κ3) is 4.63. The Morgan fingerprint density at radius 2 is 1.96 bits per heavy atom. The Hall–Kier alpha value is -2.04. The van der Waals surface area contributed by atoms with Crippen molar-refractivity contribution >= 4 is 17.7 Å². The number of aryl methyl sites for hydroxylation is 2. The van der Waals surface area contributed by atoms with Gasteiger partial charge in [0.1, 0.15) is 0 Å². The van der Waals surface area contributed by atoms with Gasteiger partial charge in [0.05, 0.1) is 6.61 Å². The van der Waals surface area contributed by atoms with Crippen molar-refractivity contribution in [3.63, 3.8) is 0 Å². The highest BCUT2D eigenvalue weighted by Crippen LogP contribution is 2.43. The molecule has 5 nitrogen and oxygen atoms in total. The summed E-state index contributed by atoms with van der Waals surface area (Å²) in [6.45, 7) is 7.37. The fourth-order valence-electron chi connectivity index (χ4n) is 4.42. The van der Waals surface area contributed by atoms with Crippen LogP contribution in [0.25, 0.3) is 0 Å². The summed E-state index contributed by atoms with van der Waals surface area (Å²) in [5.41, 5.74) is 3.14. The van der Waals surface area contributed by atoms with E-state index in [0.717, 1.165) is 36.4 Å². The van der Waals surface area contributed by atoms with Crippen LogP contribution < -0.4 is 5.32 Å². The zero-order valence-electron chi connectivity index (χ0n) is 16.8. The van der Waals surface area contributed by atoms with Gasteiger partial charge in [0.2, 0.25) is 5.91 Å². The molecule has 1 aliphatic carbocycles. The first-order chi connectivity index (χ1) is 12.9. The predicted octanol–water partition coefficient (Wildman–Crippen LogP) is 4.81. The molecule has 148 valence electrons. The summed E-state index contributed by atoms with van der Waals surface area (Å²) >= 11 is 0. The minimum absolute atomic E-state index is 0.0747. The Labute approximate surface area is 162 Å². The van der Waals surface area contributed by atoms with Gasteiger partial charge < -0.3 is 9.64 Å². The van der Waals surface area contributed by atoms with Crippen molar-refractivity contribution in [3.05, 3.63) is 29.3 Å². The molecule has 2 fully saturated rings. The standard InChI is InChI=1S/C22H32N2O3/c1-16-7-10-22(11-8-16)12-9-20(25)24(22)13-4-14-27-21(26)23-19-6-5-17(2)18(3)15-19/h5-6,15-16H,4,7-14H2,1-3H3,(H,23,26). The summed E-state index contributed by atoms with van der Waals surface area (Å²) in [5, 5.41) is 2.77. The number of nitrogens with zero attached hydrogens (tertiary/aromatic N) is 1. The van der Waals surface area contributed by atoms with E-state index in [9.17, 15) is 9.59 Å². The maximum absolute atomic E-state index is 12.4. The largest absolute Gasteiger partial charge is 0.449 e. The van der Waals surface area contributed by atoms with Gasteiger partial charge in [-0.3, -0.25) is 10.1 Å². The summed E-state index contributed by atoms with van der Waals surface area (Å²) in [5.74, 6) is 1.04. The summed E-state index contributed by atoms with van der Waals surface area (Å²) in [4.78, 5) is 26.4. The molecule has 3 rings (SSSR count). The van der Waals surface area contributed by atoms with Crippen LogP contribution in [0.3, 0.4) is 0 Å². The van der Waals surface area contributed by atoms with Gasteiger partial charge in [-0.25, -0.2) is 4.79 Å². The summed E-state index contributed by atoms with van der Waals surface area (Å²) in [6, 6.07) is 5.79. The zero-order chi connectivity index (χ0) is 19.4. The Morgan fingerprint density at radius 3 is 2.67 bits per heavy atom. The quantitative estimate of drug-likeness (QED) is 0.754. The Kier molecular flexibility index (Phi) is 6.08. The molecule has 5 heteroatoms. The number of amides is 2. The van der Waals surface area contributed by atoms with Gasteiger partial charge in [0.25, 0.3) is 0 Å². The van der Waals surface area contributed by atoms with Crippen molar-refractivity contribution in [2.24, 2.45) is 5.92 Å². The zero-order valence-corrected chi connectivity index (χ0v) is 16.8. The second kappa shape index (κ2) is 8.32. The van der Waals surface area contributed by atoms with E-state index in [1.165, 1.54) is 18.4 Å². The average molecular weight is 373 g/mol. The number of benzene rings is 1. The van der Waals surface area contributed by atoms with Crippen LogP contribution in [0.2, 0.25) is 0 Å². The maximum atomic E-state index is 12.4. The third-order valence-electron chi connectivity index (χ3n) is 6.40. The van der Waals surface area contributed by atoms with Crippen molar-refractivity contribution in [2.75, 3.05) is 18.5 Å². The molecule has 0 unspecified atom stereocenters. The van der Waals surface area contributed by atoms with E-state index >= 15 is 0 Å². The molecule has 27 heavy (non-hydrogen) atoms. The lowest BCUT2D eigenvalue weighted by Gasteiger charge is -2.43. The number of carbonyl (C=O) groups is 2. The Morgan fingerprint density at radius 1 is 1.22 bits per heavy atom. The molecule has 1 N–H and O–H groups in total. The van der Waals surface area contributed by atoms with Gasteiger partial charge >= 0.3 is 6.09 Å². The fraction of sp³-hybridized carbons (Fsp3) is 0.636. The van der Waals surface area contributed by atoms with Crippen LogP contribution in [0.1, 0.15) is 63.0 Å². The minimum Gasteiger partial charge on any atom is -0.449 e. The molecule has 1 spiro atoms. The van der Waals surface area contributed by atoms with E-state index in [-0.39, 0.29) is 11.4 Å². The lowest BCUT2D eigenvalue weighted by atomic mass is 9.75. The van der Waals surface area contributed by atoms with Gasteiger partial charge in [-0.05, 0) is 81.5 Å². The van der Waals surface area contributed by atoms with Crippen LogP contribution in [0.4, 0.5) is 10.5 Å². The molecule has 1 aromatic carbocycles. The Balaban J connectivity index is 1.44. The van der Waals surface area contributed by atoms with E-state index in [1.54, 1.807) is 0 Å². The summed E-state index contributed by atoms with van der Waals surface area (Å²) in [7, 11) is 0. The molecule has 0 radical (unpaired) electrons. The number of anilines is 1. The second-order valence-electron chi connectivity index (χ2n) is 8.37. The third-order valence-corrected chi connectivity index (χ3v) is 6.40. The predicted molar refractivity (Wildman–Crippen MR) is 107 cm³/mol. The number of hydrogen-bond acceptors (Lipinski definition) is 3. The van der Waals surface area contributed by atoms with E-state index in [0.29, 0.717) is 26.0 Å². The van der Waals surface area contributed by atoms with Crippen molar-refractivity contribution in [1.29, 1.82) is 0 Å². The van der Waals surface area contributed by atoms with Crippen LogP contribution in [-0.2, 0) is 9.53 Å². The maximum Gasteiger partial charge on any atom is 0.411 e. The summed E-state index contributed by atoms with van der Waals surface area (Å²) < 4.78 is 5.32. The molecule has 1 saturated heterocycles. The molecule has 1 aromatic rings. The lowest BCUT2D eigenvalue weighted by molar-refractivity contribution is -0.132. The van der Waals surface area contributed by atoms with E-state index in [1.807, 2.05) is 32.0 Å². The molecule has 2 aliphatic rings. The highest BCUT2D eigenvalue weighted by atomic mass is 16.5. The second-order valence-corrected chi connectivity index (χ2v) is 8.37. The normalized spacial score (nSPS) is 25.1. The van der Waals surface area contributed by atoms with Gasteiger partial charge in [0.15, 0.2) is 0 Å². The molecule has 1 aliphatic heterocycles. The lowest BCUT2D eigenvalue weighted by Crippen LogP contribution is -2.48. The fourth-order valence-corrected chi connectivity index (χ4v) is 4.42. The molecule has 2 amide bonds. The van der Waals surface area contributed by atoms with Crippen molar-refractivity contribution in [3.8, 4) is 0 Å². The molecule has 1 saturated carbocycles. The van der Waals surface area contributed by atoms with E-state index in [4.69, 9.17) is 4.74 Å². The van der Waals surface area contributed by atoms with Crippen LogP contribution in [0, 0.1) is 19.8 Å². The highest BCUT2D eigenvalue weighted by Gasteiger charge is 2.46. The molecule has 0 aromatic heterocycles. The van der Waals surface area contributed by atoms with Crippen LogP contribution >= 0.6 is 0 Å². The SMILES string of the molecule is Cc1ccc(NC(=O)OCCCN2C(=O)CCC23CCC(C)CC3)cc1C. The van der Waals surface area contributed by atoms with Gasteiger partial charge in [-0.1, -0.05) is 13.0 Å². The van der Waals surface area contributed by atoms with Crippen molar-refractivity contribution in [2.45, 2.75) is 71.3 Å². The number of likely N-dealkylation sites (tertiary alicyclic amines) is 1. The monoisotopic (exact) mass is 372 g/mol. The number of rotatable bonds is 5. The number of ether oxygens (including phenoxy) is 1. The van der Waals surface area contributed by atoms with Crippen LogP contribution in [-0.4, -0.2) is 35.6 Å². The number of nitrogens with one attached hydrogen (secondary N) is 1. The smallest absolute Gasteiger partial charge is 0.411 e. The van der Waals surface area contributed by atoms with E-state index < -0.39 is 6.09 Å². The van der Waals surface area contributed by atoms with Gasteiger partial charge in [-0.2, -0.15) is 0 Å². The molecule has 0 atom stereocenters. The first-order valence-electron chi connectivity index (χ1n) is 10.2. The number of carbonyl (C=O) groups excluding carboxylic acids is 2. The van der Waals surface area contributed by atoms with Crippen molar-refractivity contribution < 1.29 is 14.3 Å². The number of hydrogen-bond donors (Lipinski definition) is 1. The van der Waals surface area contributed by atoms with Crippen LogP contribution in [0.5, 0.6) is 0 Å². The summed E-state index contributed by atoms with van der Waals surface area (Å²) in [6.07, 6.45) is 6.56. The van der Waals surface area contributed by atoms with E-state index in [2.05, 4.69) is 17.1 Å². The molecule has 0 bridgehead atoms.